The zero-order valence-corrected chi connectivity index (χ0v) is 24.2. The second-order valence-corrected chi connectivity index (χ2v) is 13.0. The minimum Gasteiger partial charge on any atom is -0.380 e. The Morgan fingerprint density at radius 2 is 1.34 bits per heavy atom. The van der Waals surface area contributed by atoms with Gasteiger partial charge in [-0.25, -0.2) is 4.57 Å². The highest BCUT2D eigenvalue weighted by Crippen LogP contribution is 2.53. The lowest BCUT2D eigenvalue weighted by Crippen LogP contribution is -2.20. The van der Waals surface area contributed by atoms with Crippen LogP contribution in [0.3, 0.4) is 0 Å². The van der Waals surface area contributed by atoms with E-state index in [0.29, 0.717) is 18.5 Å². The van der Waals surface area contributed by atoms with E-state index in [1.807, 2.05) is 0 Å². The lowest BCUT2D eigenvalue weighted by Gasteiger charge is -2.17. The first kappa shape index (κ1) is 32.9. The molecular weight excluding hydrogens is 535 g/mol. The highest BCUT2D eigenvalue weighted by molar-refractivity contribution is 9.09. The molecule has 0 aromatic carbocycles. The number of carbonyl (C=O) groups is 1. The van der Waals surface area contributed by atoms with Crippen LogP contribution in [0, 0.1) is 0 Å². The van der Waals surface area contributed by atoms with Gasteiger partial charge in [-0.2, -0.15) is 0 Å². The molecule has 0 heterocycles. The summed E-state index contributed by atoms with van der Waals surface area (Å²) in [7, 11) is 0. The van der Waals surface area contributed by atoms with Gasteiger partial charge in [0, 0.05) is 30.1 Å². The summed E-state index contributed by atoms with van der Waals surface area (Å²) >= 11 is 10.0. The van der Waals surface area contributed by atoms with E-state index >= 15 is 0 Å². The molecule has 0 aromatic rings. The Hall–Kier alpha value is 0.900. The standard InChI is InChI=1S/C23H45BrClO5PS/c1-3-4-5-6-7-8-9-10-11-12-13-14-15-16-18-28-20-23(32-22(2)26)21-30-31(25,27)29-19-17-24/h23H,3-21H2,1-2H3/t23-,31?/m1/s1. The van der Waals surface area contributed by atoms with Gasteiger partial charge < -0.3 is 4.74 Å². The van der Waals surface area contributed by atoms with Crippen LogP contribution >= 0.6 is 45.9 Å². The molecule has 0 radical (unpaired) electrons. The number of rotatable bonds is 24. The number of alkyl halides is 1. The molecule has 0 saturated carbocycles. The number of halogens is 2. The largest absolute Gasteiger partial charge is 0.424 e. The van der Waals surface area contributed by atoms with Gasteiger partial charge >= 0.3 is 6.95 Å². The van der Waals surface area contributed by atoms with Crippen molar-refractivity contribution in [3.05, 3.63) is 0 Å². The summed E-state index contributed by atoms with van der Waals surface area (Å²) in [6.07, 6.45) is 18.5. The predicted octanol–water partition coefficient (Wildman–Crippen LogP) is 8.91. The van der Waals surface area contributed by atoms with Crippen LogP contribution in [-0.4, -0.2) is 42.1 Å². The van der Waals surface area contributed by atoms with Crippen LogP contribution in [0.2, 0.25) is 0 Å². The number of hydrogen-bond donors (Lipinski definition) is 0. The molecule has 0 spiro atoms. The molecule has 0 saturated heterocycles. The zero-order valence-electron chi connectivity index (χ0n) is 20.2. The fraction of sp³-hybridized carbons (Fsp3) is 0.957. The fourth-order valence-corrected chi connectivity index (χ4v) is 5.72. The lowest BCUT2D eigenvalue weighted by atomic mass is 10.0. The fourth-order valence-electron chi connectivity index (χ4n) is 3.32. The van der Waals surface area contributed by atoms with Crippen molar-refractivity contribution in [3.63, 3.8) is 0 Å². The Kier molecular flexibility index (Phi) is 24.3. The molecule has 192 valence electrons. The summed E-state index contributed by atoms with van der Waals surface area (Å²) in [5, 5.41) is 0.226. The van der Waals surface area contributed by atoms with Crippen LogP contribution < -0.4 is 0 Å². The molecule has 0 aliphatic heterocycles. The van der Waals surface area contributed by atoms with E-state index in [9.17, 15) is 9.36 Å². The van der Waals surface area contributed by atoms with Crippen LogP contribution in [0.1, 0.15) is 104 Å². The van der Waals surface area contributed by atoms with Crippen molar-refractivity contribution >= 4 is 51.0 Å². The molecule has 5 nitrogen and oxygen atoms in total. The zero-order chi connectivity index (χ0) is 23.9. The molecule has 0 aromatic heterocycles. The van der Waals surface area contributed by atoms with Gasteiger partial charge in [-0.3, -0.25) is 13.8 Å². The predicted molar refractivity (Wildman–Crippen MR) is 142 cm³/mol. The van der Waals surface area contributed by atoms with E-state index in [-0.39, 0.29) is 23.6 Å². The van der Waals surface area contributed by atoms with E-state index in [2.05, 4.69) is 22.9 Å². The number of hydrogen-bond acceptors (Lipinski definition) is 6. The average Bonchev–Trinajstić information content (AvgIpc) is 2.75. The molecule has 0 aliphatic rings. The van der Waals surface area contributed by atoms with Crippen LogP contribution in [0.5, 0.6) is 0 Å². The molecule has 0 amide bonds. The minimum absolute atomic E-state index is 0.0375. The van der Waals surface area contributed by atoms with Gasteiger partial charge in [0.2, 0.25) is 0 Å². The molecule has 0 rings (SSSR count). The number of ether oxygens (including phenoxy) is 1. The Morgan fingerprint density at radius 1 is 0.844 bits per heavy atom. The molecule has 0 bridgehead atoms. The van der Waals surface area contributed by atoms with Crippen LogP contribution in [0.15, 0.2) is 0 Å². The number of unbranched alkanes of at least 4 members (excludes halogenated alkanes) is 13. The third-order valence-electron chi connectivity index (χ3n) is 5.02. The van der Waals surface area contributed by atoms with E-state index in [1.165, 1.54) is 84.0 Å². The molecule has 9 heteroatoms. The average molecular weight is 580 g/mol. The summed E-state index contributed by atoms with van der Waals surface area (Å²) in [5.41, 5.74) is 0. The van der Waals surface area contributed by atoms with Crippen molar-refractivity contribution in [2.24, 2.45) is 0 Å². The van der Waals surface area contributed by atoms with Crippen molar-refractivity contribution in [3.8, 4) is 0 Å². The molecule has 0 N–H and O–H groups in total. The maximum absolute atomic E-state index is 12.0. The lowest BCUT2D eigenvalue weighted by molar-refractivity contribution is -0.109. The Labute approximate surface area is 214 Å². The van der Waals surface area contributed by atoms with Crippen molar-refractivity contribution in [2.75, 3.05) is 31.8 Å². The highest BCUT2D eigenvalue weighted by atomic mass is 79.9. The summed E-state index contributed by atoms with van der Waals surface area (Å²) in [6.45, 7) is 1.40. The molecule has 32 heavy (non-hydrogen) atoms. The molecule has 1 unspecified atom stereocenters. The summed E-state index contributed by atoms with van der Waals surface area (Å²) < 4.78 is 27.9. The van der Waals surface area contributed by atoms with E-state index in [4.69, 9.17) is 25.0 Å². The van der Waals surface area contributed by atoms with Crippen molar-refractivity contribution in [1.82, 2.24) is 0 Å². The van der Waals surface area contributed by atoms with Crippen LogP contribution in [-0.2, 0) is 23.1 Å². The van der Waals surface area contributed by atoms with Gasteiger partial charge in [-0.05, 0) is 6.42 Å². The van der Waals surface area contributed by atoms with Crippen molar-refractivity contribution in [2.45, 2.75) is 109 Å². The van der Waals surface area contributed by atoms with Gasteiger partial charge in [-0.1, -0.05) is 118 Å². The quantitative estimate of drug-likeness (QED) is 0.0646. The monoisotopic (exact) mass is 578 g/mol. The summed E-state index contributed by atoms with van der Waals surface area (Å²) in [6, 6.07) is 0. The van der Waals surface area contributed by atoms with Gasteiger partial charge in [0.1, 0.15) is 0 Å². The smallest absolute Gasteiger partial charge is 0.380 e. The number of carbonyl (C=O) groups excluding carboxylic acids is 1. The van der Waals surface area contributed by atoms with E-state index in [0.717, 1.165) is 24.6 Å². The first-order valence-electron chi connectivity index (χ1n) is 12.3. The highest BCUT2D eigenvalue weighted by Gasteiger charge is 2.24. The maximum atomic E-state index is 12.0. The van der Waals surface area contributed by atoms with Gasteiger partial charge in [0.15, 0.2) is 5.12 Å². The number of thioether (sulfide) groups is 1. The van der Waals surface area contributed by atoms with Crippen LogP contribution in [0.4, 0.5) is 0 Å². The third kappa shape index (κ3) is 24.0. The van der Waals surface area contributed by atoms with Gasteiger partial charge in [0.05, 0.1) is 25.1 Å². The van der Waals surface area contributed by atoms with Crippen molar-refractivity contribution < 1.29 is 23.1 Å². The maximum Gasteiger partial charge on any atom is 0.424 e. The third-order valence-corrected chi connectivity index (χ3v) is 7.81. The molecule has 0 aliphatic carbocycles. The minimum atomic E-state index is -3.62. The Bertz CT molecular complexity index is 487. The second kappa shape index (κ2) is 23.6. The Morgan fingerprint density at radius 3 is 1.81 bits per heavy atom. The van der Waals surface area contributed by atoms with Gasteiger partial charge in [-0.15, -0.1) is 0 Å². The topological polar surface area (TPSA) is 61.8 Å². The van der Waals surface area contributed by atoms with Crippen molar-refractivity contribution in [1.29, 1.82) is 0 Å². The van der Waals surface area contributed by atoms with Crippen LogP contribution in [0.25, 0.3) is 0 Å². The van der Waals surface area contributed by atoms with E-state index in [1.54, 1.807) is 0 Å². The first-order chi connectivity index (χ1) is 15.4. The summed E-state index contributed by atoms with van der Waals surface area (Å²) in [4.78, 5) is 11.4. The molecule has 2 atom stereocenters. The summed E-state index contributed by atoms with van der Waals surface area (Å²) in [5.74, 6) is 0. The first-order valence-corrected chi connectivity index (χ1v) is 16.8. The second-order valence-electron chi connectivity index (χ2n) is 8.15. The molecular formula is C23H45BrClO5PS. The van der Waals surface area contributed by atoms with Gasteiger partial charge in [0.25, 0.3) is 0 Å². The Balaban J connectivity index is 3.63. The normalized spacial score (nSPS) is 14.4. The van der Waals surface area contributed by atoms with E-state index < -0.39 is 6.95 Å². The molecule has 0 fully saturated rings. The SMILES string of the molecule is CCCCCCCCCCCCCCCCOC[C@H](COP(=O)(Cl)OCCBr)SC(C)=O.